The summed E-state index contributed by atoms with van der Waals surface area (Å²) in [4.78, 5) is 36.1. The van der Waals surface area contributed by atoms with Gasteiger partial charge >= 0.3 is 5.69 Å². The fourth-order valence-electron chi connectivity index (χ4n) is 3.85. The van der Waals surface area contributed by atoms with Crippen LogP contribution in [0.15, 0.2) is 64.6 Å². The van der Waals surface area contributed by atoms with Crippen LogP contribution in [0.5, 0.6) is 17.2 Å². The van der Waals surface area contributed by atoms with Gasteiger partial charge in [0.25, 0.3) is 11.6 Å². The van der Waals surface area contributed by atoms with Gasteiger partial charge in [0.15, 0.2) is 11.5 Å². The minimum Gasteiger partial charge on any atom is -0.490 e. The molecule has 0 saturated heterocycles. The molecule has 0 radical (unpaired) electrons. The lowest BCUT2D eigenvalue weighted by Gasteiger charge is -2.21. The number of benzene rings is 3. The Balaban J connectivity index is 1.91. The van der Waals surface area contributed by atoms with Gasteiger partial charge in [-0.25, -0.2) is 0 Å². The largest absolute Gasteiger partial charge is 0.490 e. The third kappa shape index (κ3) is 7.58. The van der Waals surface area contributed by atoms with E-state index in [9.17, 15) is 30.3 Å². The van der Waals surface area contributed by atoms with E-state index in [1.807, 2.05) is 18.2 Å². The minimum atomic E-state index is -0.789. The van der Waals surface area contributed by atoms with Gasteiger partial charge in [0.2, 0.25) is 5.75 Å². The monoisotopic (exact) mass is 623 g/mol. The number of amides is 1. The molecular formula is C28H26BrN5O7. The molecule has 41 heavy (non-hydrogen) atoms. The standard InChI is InChI=1S/C28H26BrN5O7/c1-4-32(5-2)21-9-7-20(8-10-21)31-28(35)19(17-30)13-18-14-23(29)27(26(15-18)40-6-3)41-25-12-11-22(33(36)37)16-24(25)34(38)39/h7-16H,4-6H2,1-3H3,(H,31,35)/b19-13-. The summed E-state index contributed by atoms with van der Waals surface area (Å²) >= 11 is 3.36. The zero-order valence-corrected chi connectivity index (χ0v) is 24.0. The van der Waals surface area contributed by atoms with Crippen LogP contribution in [0.25, 0.3) is 6.08 Å². The Bertz CT molecular complexity index is 1530. The maximum Gasteiger partial charge on any atom is 0.318 e. The number of carbonyl (C=O) groups excluding carboxylic acids is 1. The lowest BCUT2D eigenvalue weighted by Crippen LogP contribution is -2.21. The second-order valence-corrected chi connectivity index (χ2v) is 9.23. The molecule has 3 rings (SSSR count). The molecule has 0 fully saturated rings. The molecule has 0 aliphatic heterocycles. The summed E-state index contributed by atoms with van der Waals surface area (Å²) in [6.45, 7) is 7.71. The predicted molar refractivity (Wildman–Crippen MR) is 157 cm³/mol. The SMILES string of the molecule is CCOc1cc(/C=C(/C#N)C(=O)Nc2ccc(N(CC)CC)cc2)cc(Br)c1Oc1ccc([N+](=O)[O-])cc1[N+](=O)[O-]. The van der Waals surface area contributed by atoms with Crippen LogP contribution >= 0.6 is 15.9 Å². The number of hydrogen-bond acceptors (Lipinski definition) is 9. The van der Waals surface area contributed by atoms with E-state index in [-0.39, 0.29) is 29.4 Å². The van der Waals surface area contributed by atoms with E-state index in [2.05, 4.69) is 40.0 Å². The van der Waals surface area contributed by atoms with Crippen LogP contribution in [0, 0.1) is 31.6 Å². The summed E-state index contributed by atoms with van der Waals surface area (Å²) in [6, 6.07) is 15.2. The van der Waals surface area contributed by atoms with Crippen molar-refractivity contribution >= 4 is 50.7 Å². The molecule has 0 atom stereocenters. The second-order valence-electron chi connectivity index (χ2n) is 8.37. The quantitative estimate of drug-likeness (QED) is 0.0983. The molecular weight excluding hydrogens is 598 g/mol. The fourth-order valence-corrected chi connectivity index (χ4v) is 4.39. The van der Waals surface area contributed by atoms with Crippen molar-refractivity contribution in [1.82, 2.24) is 0 Å². The first kappa shape index (κ1) is 30.6. The zero-order chi connectivity index (χ0) is 30.1. The van der Waals surface area contributed by atoms with E-state index in [4.69, 9.17) is 9.47 Å². The first-order chi connectivity index (χ1) is 19.6. The molecule has 3 aromatic carbocycles. The Hall–Kier alpha value is -4.96. The molecule has 1 amide bonds. The van der Waals surface area contributed by atoms with E-state index < -0.39 is 27.1 Å². The molecule has 13 heteroatoms. The van der Waals surface area contributed by atoms with Crippen molar-refractivity contribution in [2.45, 2.75) is 20.8 Å². The number of carbonyl (C=O) groups is 1. The molecule has 0 saturated carbocycles. The average molecular weight is 624 g/mol. The highest BCUT2D eigenvalue weighted by molar-refractivity contribution is 9.10. The van der Waals surface area contributed by atoms with E-state index in [1.165, 1.54) is 12.1 Å². The van der Waals surface area contributed by atoms with Crippen LogP contribution in [0.2, 0.25) is 0 Å². The number of rotatable bonds is 12. The number of halogens is 1. The van der Waals surface area contributed by atoms with Crippen LogP contribution in [0.4, 0.5) is 22.7 Å². The Morgan fingerprint density at radius 1 is 1.02 bits per heavy atom. The maximum atomic E-state index is 12.9. The van der Waals surface area contributed by atoms with E-state index in [0.717, 1.165) is 37.0 Å². The van der Waals surface area contributed by atoms with Gasteiger partial charge in [-0.3, -0.25) is 25.0 Å². The van der Waals surface area contributed by atoms with Crippen LogP contribution in [0.1, 0.15) is 26.3 Å². The Morgan fingerprint density at radius 2 is 1.71 bits per heavy atom. The van der Waals surface area contributed by atoms with Gasteiger partial charge in [0, 0.05) is 30.5 Å². The van der Waals surface area contributed by atoms with Crippen molar-refractivity contribution in [2.75, 3.05) is 29.9 Å². The van der Waals surface area contributed by atoms with Gasteiger partial charge in [-0.1, -0.05) is 0 Å². The predicted octanol–water partition coefficient (Wildman–Crippen LogP) is 6.85. The summed E-state index contributed by atoms with van der Waals surface area (Å²) in [6.07, 6.45) is 1.37. The third-order valence-corrected chi connectivity index (χ3v) is 6.41. The summed E-state index contributed by atoms with van der Waals surface area (Å²) in [5.41, 5.74) is 0.707. The first-order valence-electron chi connectivity index (χ1n) is 12.5. The highest BCUT2D eigenvalue weighted by Gasteiger charge is 2.24. The smallest absolute Gasteiger partial charge is 0.318 e. The number of nitrogens with zero attached hydrogens (tertiary/aromatic N) is 4. The zero-order valence-electron chi connectivity index (χ0n) is 22.4. The molecule has 0 heterocycles. The van der Waals surface area contributed by atoms with E-state index in [0.29, 0.717) is 15.7 Å². The Labute approximate surface area is 244 Å². The molecule has 0 bridgehead atoms. The average Bonchev–Trinajstić information content (AvgIpc) is 2.95. The number of nitrogens with one attached hydrogen (secondary N) is 1. The number of nitro groups is 2. The van der Waals surface area contributed by atoms with Gasteiger partial charge in [0.1, 0.15) is 11.6 Å². The number of ether oxygens (including phenoxy) is 2. The van der Waals surface area contributed by atoms with Crippen molar-refractivity contribution in [1.29, 1.82) is 5.26 Å². The number of nitriles is 1. The molecule has 0 aliphatic rings. The van der Waals surface area contributed by atoms with Crippen LogP contribution in [-0.4, -0.2) is 35.5 Å². The summed E-state index contributed by atoms with van der Waals surface area (Å²) in [5.74, 6) is -0.628. The second kappa shape index (κ2) is 13.9. The number of hydrogen-bond donors (Lipinski definition) is 1. The minimum absolute atomic E-state index is 0.0669. The van der Waals surface area contributed by atoms with Gasteiger partial charge in [0.05, 0.1) is 27.0 Å². The van der Waals surface area contributed by atoms with Gasteiger partial charge in [-0.15, -0.1) is 0 Å². The molecule has 0 aliphatic carbocycles. The van der Waals surface area contributed by atoms with Crippen LogP contribution in [0.3, 0.4) is 0 Å². The summed E-state index contributed by atoms with van der Waals surface area (Å²) in [5, 5.41) is 35.0. The van der Waals surface area contributed by atoms with Crippen LogP contribution in [-0.2, 0) is 4.79 Å². The Morgan fingerprint density at radius 3 is 2.27 bits per heavy atom. The van der Waals surface area contributed by atoms with Crippen molar-refractivity contribution in [3.63, 3.8) is 0 Å². The molecule has 12 nitrogen and oxygen atoms in total. The molecule has 1 N–H and O–H groups in total. The summed E-state index contributed by atoms with van der Waals surface area (Å²) < 4.78 is 11.7. The number of anilines is 2. The topological polar surface area (TPSA) is 161 Å². The van der Waals surface area contributed by atoms with Gasteiger partial charge in [-0.2, -0.15) is 5.26 Å². The van der Waals surface area contributed by atoms with Gasteiger partial charge in [-0.05, 0) is 90.8 Å². The molecule has 212 valence electrons. The number of non-ortho nitro benzene ring substituents is 1. The van der Waals surface area contributed by atoms with Crippen molar-refractivity contribution < 1.29 is 24.1 Å². The van der Waals surface area contributed by atoms with E-state index in [1.54, 1.807) is 25.1 Å². The summed E-state index contributed by atoms with van der Waals surface area (Å²) in [7, 11) is 0. The van der Waals surface area contributed by atoms with Crippen molar-refractivity contribution in [3.8, 4) is 23.3 Å². The maximum absolute atomic E-state index is 12.9. The fraction of sp³-hybridized carbons (Fsp3) is 0.214. The molecule has 0 aromatic heterocycles. The van der Waals surface area contributed by atoms with Crippen LogP contribution < -0.4 is 19.7 Å². The number of nitro benzene ring substituents is 2. The lowest BCUT2D eigenvalue weighted by atomic mass is 10.1. The third-order valence-electron chi connectivity index (χ3n) is 5.82. The lowest BCUT2D eigenvalue weighted by molar-refractivity contribution is -0.394. The molecule has 0 spiro atoms. The van der Waals surface area contributed by atoms with E-state index >= 15 is 0 Å². The molecule has 0 unspecified atom stereocenters. The van der Waals surface area contributed by atoms with Crippen molar-refractivity contribution in [2.24, 2.45) is 0 Å². The Kier molecular flexibility index (Phi) is 10.4. The van der Waals surface area contributed by atoms with Gasteiger partial charge < -0.3 is 19.7 Å². The highest BCUT2D eigenvalue weighted by Crippen LogP contribution is 2.43. The molecule has 3 aromatic rings. The first-order valence-corrected chi connectivity index (χ1v) is 13.3. The van der Waals surface area contributed by atoms with Crippen molar-refractivity contribution in [3.05, 3.63) is 90.4 Å². The normalized spacial score (nSPS) is 10.9. The highest BCUT2D eigenvalue weighted by atomic mass is 79.9.